The number of anilines is 1. The number of nitrogens with zero attached hydrogens (tertiary/aromatic N) is 2. The SMILES string of the molecule is CCc1cncnc1C(=O)Nc1cc(C(F)(F)F)ccc1O. The number of alkyl halides is 3. The Labute approximate surface area is 123 Å². The molecule has 1 amide bonds. The van der Waals surface area contributed by atoms with Crippen molar-refractivity contribution in [2.75, 3.05) is 5.32 Å². The van der Waals surface area contributed by atoms with Crippen LogP contribution >= 0.6 is 0 Å². The van der Waals surface area contributed by atoms with Crippen LogP contribution in [-0.4, -0.2) is 21.0 Å². The summed E-state index contributed by atoms with van der Waals surface area (Å²) in [6, 6.07) is 2.27. The number of aryl methyl sites for hydroxylation is 1. The van der Waals surface area contributed by atoms with Crippen molar-refractivity contribution >= 4 is 11.6 Å². The van der Waals surface area contributed by atoms with Gasteiger partial charge in [-0.15, -0.1) is 0 Å². The largest absolute Gasteiger partial charge is 0.506 e. The first-order valence-electron chi connectivity index (χ1n) is 6.33. The monoisotopic (exact) mass is 311 g/mol. The van der Waals surface area contributed by atoms with E-state index in [1.165, 1.54) is 12.5 Å². The number of carbonyl (C=O) groups is 1. The molecule has 1 heterocycles. The summed E-state index contributed by atoms with van der Waals surface area (Å²) >= 11 is 0. The van der Waals surface area contributed by atoms with E-state index in [9.17, 15) is 23.1 Å². The van der Waals surface area contributed by atoms with E-state index in [0.717, 1.165) is 12.1 Å². The zero-order valence-corrected chi connectivity index (χ0v) is 11.5. The highest BCUT2D eigenvalue weighted by atomic mass is 19.4. The van der Waals surface area contributed by atoms with Gasteiger partial charge in [0.15, 0.2) is 0 Å². The highest BCUT2D eigenvalue weighted by Gasteiger charge is 2.31. The first kappa shape index (κ1) is 15.7. The van der Waals surface area contributed by atoms with Crippen molar-refractivity contribution in [1.82, 2.24) is 9.97 Å². The first-order valence-corrected chi connectivity index (χ1v) is 6.33. The molecular formula is C14H12F3N3O2. The van der Waals surface area contributed by atoms with Gasteiger partial charge in [-0.3, -0.25) is 4.79 Å². The number of rotatable bonds is 3. The lowest BCUT2D eigenvalue weighted by atomic mass is 10.1. The van der Waals surface area contributed by atoms with Crippen LogP contribution in [0.4, 0.5) is 18.9 Å². The maximum absolute atomic E-state index is 12.7. The highest BCUT2D eigenvalue weighted by Crippen LogP contribution is 2.34. The van der Waals surface area contributed by atoms with Gasteiger partial charge in [-0.05, 0) is 24.6 Å². The number of benzene rings is 1. The number of hydrogen-bond donors (Lipinski definition) is 2. The minimum absolute atomic E-state index is 0.0503. The molecule has 0 spiro atoms. The van der Waals surface area contributed by atoms with Crippen LogP contribution in [0.5, 0.6) is 5.75 Å². The molecule has 2 N–H and O–H groups in total. The Morgan fingerprint density at radius 2 is 2.09 bits per heavy atom. The normalized spacial score (nSPS) is 11.3. The van der Waals surface area contributed by atoms with Gasteiger partial charge in [0, 0.05) is 11.8 Å². The molecule has 1 aromatic carbocycles. The fraction of sp³-hybridized carbons (Fsp3) is 0.214. The summed E-state index contributed by atoms with van der Waals surface area (Å²) in [6.45, 7) is 1.79. The maximum atomic E-state index is 12.7. The fourth-order valence-corrected chi connectivity index (χ4v) is 1.82. The van der Waals surface area contributed by atoms with Gasteiger partial charge in [0.05, 0.1) is 11.3 Å². The van der Waals surface area contributed by atoms with E-state index in [1.54, 1.807) is 6.92 Å². The molecule has 8 heteroatoms. The quantitative estimate of drug-likeness (QED) is 0.854. The Kier molecular flexibility index (Phi) is 4.30. The number of halogens is 3. The molecule has 0 bridgehead atoms. The average Bonchev–Trinajstić information content (AvgIpc) is 2.48. The van der Waals surface area contributed by atoms with E-state index >= 15 is 0 Å². The number of aromatic nitrogens is 2. The molecule has 5 nitrogen and oxygen atoms in total. The second-order valence-electron chi connectivity index (χ2n) is 4.43. The lowest BCUT2D eigenvalue weighted by Crippen LogP contribution is -2.17. The van der Waals surface area contributed by atoms with E-state index in [0.29, 0.717) is 18.1 Å². The summed E-state index contributed by atoms with van der Waals surface area (Å²) < 4.78 is 38.0. The lowest BCUT2D eigenvalue weighted by molar-refractivity contribution is -0.137. The third-order valence-electron chi connectivity index (χ3n) is 2.96. The fourth-order valence-electron chi connectivity index (χ4n) is 1.82. The molecule has 0 saturated carbocycles. The molecule has 2 aromatic rings. The lowest BCUT2D eigenvalue weighted by Gasteiger charge is -2.12. The minimum atomic E-state index is -4.57. The van der Waals surface area contributed by atoms with Crippen molar-refractivity contribution in [2.45, 2.75) is 19.5 Å². The smallest absolute Gasteiger partial charge is 0.416 e. The highest BCUT2D eigenvalue weighted by molar-refractivity contribution is 6.04. The molecule has 116 valence electrons. The van der Waals surface area contributed by atoms with E-state index in [1.807, 2.05) is 0 Å². The Morgan fingerprint density at radius 1 is 1.36 bits per heavy atom. The molecule has 22 heavy (non-hydrogen) atoms. The van der Waals surface area contributed by atoms with E-state index in [-0.39, 0.29) is 11.4 Å². The summed E-state index contributed by atoms with van der Waals surface area (Å²) in [4.78, 5) is 19.7. The number of hydrogen-bond acceptors (Lipinski definition) is 4. The second kappa shape index (κ2) is 6.00. The van der Waals surface area contributed by atoms with Gasteiger partial charge < -0.3 is 10.4 Å². The van der Waals surface area contributed by atoms with Gasteiger partial charge in [0.25, 0.3) is 5.91 Å². The average molecular weight is 311 g/mol. The molecule has 0 radical (unpaired) electrons. The van der Waals surface area contributed by atoms with Gasteiger partial charge in [-0.1, -0.05) is 6.92 Å². The molecule has 0 unspecified atom stereocenters. The summed E-state index contributed by atoms with van der Waals surface area (Å²) in [5, 5.41) is 11.8. The van der Waals surface area contributed by atoms with Gasteiger partial charge in [-0.2, -0.15) is 13.2 Å². The number of aromatic hydroxyl groups is 1. The summed E-state index contributed by atoms with van der Waals surface area (Å²) in [7, 11) is 0. The number of phenols is 1. The van der Waals surface area contributed by atoms with Gasteiger partial charge in [0.2, 0.25) is 0 Å². The molecule has 0 aliphatic heterocycles. The van der Waals surface area contributed by atoms with Crippen LogP contribution in [0.1, 0.15) is 28.5 Å². The number of amides is 1. The van der Waals surface area contributed by atoms with Crippen LogP contribution in [0, 0.1) is 0 Å². The molecule has 0 aliphatic rings. The molecule has 0 aliphatic carbocycles. The summed E-state index contributed by atoms with van der Waals surface area (Å²) in [5.41, 5.74) is -0.708. The van der Waals surface area contributed by atoms with Crippen molar-refractivity contribution < 1.29 is 23.1 Å². The van der Waals surface area contributed by atoms with E-state index in [2.05, 4.69) is 15.3 Å². The van der Waals surface area contributed by atoms with Gasteiger partial charge in [-0.25, -0.2) is 9.97 Å². The van der Waals surface area contributed by atoms with E-state index < -0.39 is 23.4 Å². The van der Waals surface area contributed by atoms with Crippen LogP contribution < -0.4 is 5.32 Å². The Balaban J connectivity index is 2.32. The molecule has 1 aromatic heterocycles. The molecular weight excluding hydrogens is 299 g/mol. The summed E-state index contributed by atoms with van der Waals surface area (Å²) in [5.74, 6) is -1.18. The first-order chi connectivity index (χ1) is 10.3. The molecule has 0 atom stereocenters. The summed E-state index contributed by atoms with van der Waals surface area (Å²) in [6.07, 6.45) is -1.47. The van der Waals surface area contributed by atoms with E-state index in [4.69, 9.17) is 0 Å². The van der Waals surface area contributed by atoms with Crippen molar-refractivity contribution in [3.8, 4) is 5.75 Å². The second-order valence-corrected chi connectivity index (χ2v) is 4.43. The zero-order valence-electron chi connectivity index (χ0n) is 11.5. The molecule has 2 rings (SSSR count). The Morgan fingerprint density at radius 3 is 2.73 bits per heavy atom. The topological polar surface area (TPSA) is 75.1 Å². The standard InChI is InChI=1S/C14H12F3N3O2/c1-2-8-6-18-7-19-12(8)13(22)20-10-5-9(14(15,16)17)3-4-11(10)21/h3-7,21H,2H2,1H3,(H,20,22). The third kappa shape index (κ3) is 3.33. The van der Waals surface area contributed by atoms with Crippen LogP contribution in [-0.2, 0) is 12.6 Å². The van der Waals surface area contributed by atoms with Crippen molar-refractivity contribution in [3.63, 3.8) is 0 Å². The van der Waals surface area contributed by atoms with Gasteiger partial charge >= 0.3 is 6.18 Å². The van der Waals surface area contributed by atoms with Gasteiger partial charge in [0.1, 0.15) is 17.8 Å². The van der Waals surface area contributed by atoms with Crippen LogP contribution in [0.15, 0.2) is 30.7 Å². The zero-order chi connectivity index (χ0) is 16.3. The third-order valence-corrected chi connectivity index (χ3v) is 2.96. The Bertz CT molecular complexity index is 702. The predicted molar refractivity (Wildman–Crippen MR) is 72.5 cm³/mol. The minimum Gasteiger partial charge on any atom is -0.506 e. The predicted octanol–water partition coefficient (Wildman–Crippen LogP) is 3.02. The van der Waals surface area contributed by atoms with Crippen molar-refractivity contribution in [1.29, 1.82) is 0 Å². The van der Waals surface area contributed by atoms with Crippen LogP contribution in [0.2, 0.25) is 0 Å². The number of carbonyl (C=O) groups excluding carboxylic acids is 1. The van der Waals surface area contributed by atoms with Crippen molar-refractivity contribution in [3.05, 3.63) is 47.5 Å². The molecule has 0 saturated heterocycles. The van der Waals surface area contributed by atoms with Crippen LogP contribution in [0.3, 0.4) is 0 Å². The molecule has 0 fully saturated rings. The maximum Gasteiger partial charge on any atom is 0.416 e. The Hall–Kier alpha value is -2.64. The van der Waals surface area contributed by atoms with Crippen molar-refractivity contribution in [2.24, 2.45) is 0 Å². The number of nitrogens with one attached hydrogen (secondary N) is 1. The van der Waals surface area contributed by atoms with Crippen LogP contribution in [0.25, 0.3) is 0 Å². The number of phenolic OH excluding ortho intramolecular Hbond substituents is 1.